The maximum Gasteiger partial charge on any atom is 0.517 e. The third-order valence-electron chi connectivity index (χ3n) is 4.30. The van der Waals surface area contributed by atoms with E-state index in [4.69, 9.17) is 8.85 Å². The molecule has 112 valence electrons. The Morgan fingerprint density at radius 2 is 1.42 bits per heavy atom. The summed E-state index contributed by atoms with van der Waals surface area (Å²) in [4.78, 5) is 7.45. The summed E-state index contributed by atoms with van der Waals surface area (Å²) in [6, 6.07) is 1.16. The van der Waals surface area contributed by atoms with Gasteiger partial charge in [-0.05, 0) is 32.1 Å². The predicted molar refractivity (Wildman–Crippen MR) is 79.8 cm³/mol. The summed E-state index contributed by atoms with van der Waals surface area (Å²) in [6.07, 6.45) is 11.4. The summed E-state index contributed by atoms with van der Waals surface area (Å²) in [5.74, 6) is 0. The summed E-state index contributed by atoms with van der Waals surface area (Å²) < 4.78 is 12.0. The Morgan fingerprint density at radius 3 is 1.79 bits per heavy atom. The van der Waals surface area contributed by atoms with Crippen LogP contribution in [0.5, 0.6) is 0 Å². The third-order valence-corrected chi connectivity index (χ3v) is 7.06. The van der Waals surface area contributed by atoms with Crippen molar-refractivity contribution in [1.29, 1.82) is 0 Å². The molecule has 0 aliphatic heterocycles. The van der Waals surface area contributed by atoms with Gasteiger partial charge in [-0.3, -0.25) is 9.96 Å². The molecule has 0 radical (unpaired) electrons. The van der Waals surface area contributed by atoms with Gasteiger partial charge in [-0.2, -0.15) is 0 Å². The van der Waals surface area contributed by atoms with E-state index < -0.39 is 8.88 Å². The zero-order valence-corrected chi connectivity index (χ0v) is 13.5. The molecule has 0 aromatic carbocycles. The molecule has 2 saturated carbocycles. The molecule has 2 fully saturated rings. The minimum absolute atomic E-state index is 0.581. The van der Waals surface area contributed by atoms with E-state index in [0.717, 1.165) is 13.0 Å². The maximum absolute atomic E-state index is 6.15. The van der Waals surface area contributed by atoms with Gasteiger partial charge in [0.2, 0.25) is 0 Å². The molecule has 0 heterocycles. The van der Waals surface area contributed by atoms with Crippen molar-refractivity contribution in [3.8, 4) is 0 Å². The van der Waals surface area contributed by atoms with Crippen molar-refractivity contribution >= 4 is 8.88 Å². The first-order valence-corrected chi connectivity index (χ1v) is 9.84. The zero-order valence-electron chi connectivity index (χ0n) is 12.5. The lowest BCUT2D eigenvalue weighted by molar-refractivity contribution is 0.164. The van der Waals surface area contributed by atoms with Crippen molar-refractivity contribution in [2.24, 2.45) is 0 Å². The predicted octanol–water partition coefficient (Wildman–Crippen LogP) is 2.56. The van der Waals surface area contributed by atoms with Crippen LogP contribution in [0.25, 0.3) is 0 Å². The van der Waals surface area contributed by atoms with Crippen LogP contribution in [-0.2, 0) is 8.85 Å². The average Bonchev–Trinajstić information content (AvgIpc) is 3.09. The highest BCUT2D eigenvalue weighted by Crippen LogP contribution is 2.22. The summed E-state index contributed by atoms with van der Waals surface area (Å²) in [6.45, 7) is 2.93. The van der Waals surface area contributed by atoms with Gasteiger partial charge in [-0.15, -0.1) is 0 Å². The molecule has 2 N–H and O–H groups in total. The van der Waals surface area contributed by atoms with E-state index >= 15 is 0 Å². The van der Waals surface area contributed by atoms with E-state index in [2.05, 4.69) is 16.9 Å². The molecule has 0 bridgehead atoms. The van der Waals surface area contributed by atoms with Gasteiger partial charge in [0.1, 0.15) is 0 Å². The first-order valence-electron chi connectivity index (χ1n) is 8.02. The summed E-state index contributed by atoms with van der Waals surface area (Å²) in [5.41, 5.74) is 0. The molecule has 2 rings (SSSR count). The number of hydrogen-bond donors (Lipinski definition) is 2. The van der Waals surface area contributed by atoms with Crippen LogP contribution in [0.15, 0.2) is 0 Å². The molecule has 19 heavy (non-hydrogen) atoms. The van der Waals surface area contributed by atoms with E-state index in [9.17, 15) is 0 Å². The van der Waals surface area contributed by atoms with Gasteiger partial charge in [-0.25, -0.2) is 0 Å². The molecule has 4 nitrogen and oxygen atoms in total. The second-order valence-electron chi connectivity index (χ2n) is 5.92. The monoisotopic (exact) mass is 286 g/mol. The van der Waals surface area contributed by atoms with E-state index in [1.807, 2.05) is 0 Å². The molecule has 0 spiro atoms. The van der Waals surface area contributed by atoms with E-state index in [-0.39, 0.29) is 0 Å². The lowest BCUT2D eigenvalue weighted by Gasteiger charge is -2.34. The van der Waals surface area contributed by atoms with Crippen LogP contribution in [-0.4, -0.2) is 34.7 Å². The highest BCUT2D eigenvalue weighted by atomic mass is 28.4. The van der Waals surface area contributed by atoms with Crippen molar-refractivity contribution in [3.63, 3.8) is 0 Å². The largest absolute Gasteiger partial charge is 0.517 e. The van der Waals surface area contributed by atoms with Gasteiger partial charge in [0, 0.05) is 25.8 Å². The second-order valence-corrected chi connectivity index (χ2v) is 8.43. The van der Waals surface area contributed by atoms with Crippen LogP contribution in [0.1, 0.15) is 64.7 Å². The molecular weight excluding hydrogens is 256 g/mol. The lowest BCUT2D eigenvalue weighted by Crippen LogP contribution is -2.70. The molecule has 0 aromatic heterocycles. The fourth-order valence-corrected chi connectivity index (χ4v) is 5.97. The van der Waals surface area contributed by atoms with Gasteiger partial charge >= 0.3 is 8.88 Å². The van der Waals surface area contributed by atoms with Gasteiger partial charge in [0.05, 0.1) is 0 Å². The van der Waals surface area contributed by atoms with Crippen molar-refractivity contribution in [2.75, 3.05) is 13.7 Å². The second kappa shape index (κ2) is 7.74. The minimum atomic E-state index is -2.42. The third kappa shape index (κ3) is 4.53. The van der Waals surface area contributed by atoms with Crippen molar-refractivity contribution in [1.82, 2.24) is 9.96 Å². The highest BCUT2D eigenvalue weighted by molar-refractivity contribution is 6.62. The van der Waals surface area contributed by atoms with Crippen LogP contribution in [0.3, 0.4) is 0 Å². The standard InChI is InChI=1S/C14H30N2O2Si/c1-3-12-18-19(17-2,15-13-8-4-5-9-13)16-14-10-6-7-11-14/h13-16H,3-12H2,1-2H3. The van der Waals surface area contributed by atoms with E-state index in [1.165, 1.54) is 51.4 Å². The number of hydrogen-bond acceptors (Lipinski definition) is 4. The molecule has 2 aliphatic carbocycles. The van der Waals surface area contributed by atoms with Crippen molar-refractivity contribution in [2.45, 2.75) is 76.8 Å². The Hall–Kier alpha value is 0.0569. The van der Waals surface area contributed by atoms with Crippen molar-refractivity contribution < 1.29 is 8.85 Å². The quantitative estimate of drug-likeness (QED) is 0.673. The zero-order chi connectivity index (χ0) is 13.6. The number of rotatable bonds is 8. The van der Waals surface area contributed by atoms with E-state index in [0.29, 0.717) is 12.1 Å². The van der Waals surface area contributed by atoms with Gasteiger partial charge < -0.3 is 8.85 Å². The summed E-state index contributed by atoms with van der Waals surface area (Å²) in [7, 11) is -0.623. The summed E-state index contributed by atoms with van der Waals surface area (Å²) in [5, 5.41) is 0. The maximum atomic E-state index is 6.15. The van der Waals surface area contributed by atoms with Gasteiger partial charge in [-0.1, -0.05) is 32.6 Å². The Kier molecular flexibility index (Phi) is 6.29. The smallest absolute Gasteiger partial charge is 0.374 e. The fourth-order valence-electron chi connectivity index (χ4n) is 3.23. The molecule has 0 aromatic rings. The molecule has 0 saturated heterocycles. The molecule has 0 unspecified atom stereocenters. The Balaban J connectivity index is 1.95. The van der Waals surface area contributed by atoms with Crippen LogP contribution in [0, 0.1) is 0 Å². The highest BCUT2D eigenvalue weighted by Gasteiger charge is 2.43. The van der Waals surface area contributed by atoms with E-state index in [1.54, 1.807) is 7.11 Å². The molecule has 2 aliphatic rings. The Bertz CT molecular complexity index is 236. The molecule has 0 atom stereocenters. The molecular formula is C14H30N2O2Si. The fraction of sp³-hybridized carbons (Fsp3) is 1.00. The topological polar surface area (TPSA) is 42.5 Å². The first-order chi connectivity index (χ1) is 9.28. The lowest BCUT2D eigenvalue weighted by atomic mass is 10.3. The van der Waals surface area contributed by atoms with Crippen molar-refractivity contribution in [3.05, 3.63) is 0 Å². The SMILES string of the molecule is CCCO[Si](NC1CCCC1)(NC1CCCC1)OC. The van der Waals surface area contributed by atoms with Crippen LogP contribution in [0.2, 0.25) is 0 Å². The van der Waals surface area contributed by atoms with Crippen LogP contribution >= 0.6 is 0 Å². The normalized spacial score (nSPS) is 22.4. The Labute approximate surface area is 119 Å². The molecule has 0 amide bonds. The first kappa shape index (κ1) is 15.4. The number of nitrogens with one attached hydrogen (secondary N) is 2. The Morgan fingerprint density at radius 1 is 0.947 bits per heavy atom. The minimum Gasteiger partial charge on any atom is -0.374 e. The van der Waals surface area contributed by atoms with Gasteiger partial charge in [0.15, 0.2) is 0 Å². The van der Waals surface area contributed by atoms with Crippen LogP contribution < -0.4 is 9.96 Å². The summed E-state index contributed by atoms with van der Waals surface area (Å²) >= 11 is 0. The van der Waals surface area contributed by atoms with Crippen LogP contribution in [0.4, 0.5) is 0 Å². The van der Waals surface area contributed by atoms with Gasteiger partial charge in [0.25, 0.3) is 0 Å². The molecule has 5 heteroatoms. The average molecular weight is 286 g/mol.